The lowest BCUT2D eigenvalue weighted by atomic mass is 9.46. The van der Waals surface area contributed by atoms with E-state index in [1.165, 1.54) is 0 Å². The van der Waals surface area contributed by atoms with E-state index in [2.05, 4.69) is 19.2 Å². The number of Topliss-reactive ketones (excluding diaryl/α,β-unsaturated/α-hetero) is 1. The van der Waals surface area contributed by atoms with Gasteiger partial charge in [0, 0.05) is 23.8 Å². The molecule has 0 heterocycles. The second kappa shape index (κ2) is 12.8. The van der Waals surface area contributed by atoms with Gasteiger partial charge in [-0.15, -0.1) is 0 Å². The molecule has 10 nitrogen and oxygen atoms in total. The van der Waals surface area contributed by atoms with Crippen LogP contribution in [0.5, 0.6) is 0 Å². The highest BCUT2D eigenvalue weighted by Gasteiger charge is 2.62. The molecule has 3 fully saturated rings. The standard InChI is InChI=1S/C28H42NO9P.C2H6/c1-26(2,3)38-25(33)29-12-13-36-39(34,35)37-16-23(32)21-9-8-20-19-7-6-17-14-18(30)10-11-27(17,4)24(19)22(31)15-28(20,21)5;1-2/h10-11,14,19-22,24,31H,6-9,12-13,15-16H2,1-5H3,(H,29,33)(H,34,35);1-2H3. The molecule has 0 saturated heterocycles. The van der Waals surface area contributed by atoms with E-state index in [1.807, 2.05) is 19.9 Å². The van der Waals surface area contributed by atoms with Crippen LogP contribution in [0.1, 0.15) is 80.6 Å². The molecule has 8 unspecified atom stereocenters. The second-order valence-corrected chi connectivity index (χ2v) is 14.4. The SMILES string of the molecule is CC.CC(C)(C)OC(=O)NCCOP(=O)(O)OCC(=O)C1CCC2C3CCC4=CC(=O)C=CC4(C)C3C(O)CC12C. The van der Waals surface area contributed by atoms with Gasteiger partial charge in [-0.3, -0.25) is 18.6 Å². The third-order valence-electron chi connectivity index (χ3n) is 9.28. The van der Waals surface area contributed by atoms with Crippen LogP contribution >= 0.6 is 7.82 Å². The number of ether oxygens (including phenoxy) is 1. The maximum absolute atomic E-state index is 13.3. The summed E-state index contributed by atoms with van der Waals surface area (Å²) >= 11 is 0. The fourth-order valence-corrected chi connectivity index (χ4v) is 8.45. The monoisotopic (exact) mass is 597 g/mol. The Labute approximate surface area is 243 Å². The molecule has 232 valence electrons. The van der Waals surface area contributed by atoms with Crippen LogP contribution in [0.25, 0.3) is 0 Å². The molecule has 0 aromatic carbocycles. The number of rotatable bonds is 8. The molecule has 0 spiro atoms. The van der Waals surface area contributed by atoms with Crippen molar-refractivity contribution in [3.05, 3.63) is 23.8 Å². The molecule has 4 aliphatic carbocycles. The van der Waals surface area contributed by atoms with Crippen molar-refractivity contribution in [2.24, 2.45) is 34.5 Å². The maximum Gasteiger partial charge on any atom is 0.472 e. The first kappa shape index (κ1) is 33.7. The number of carbonyl (C=O) groups excluding carboxylic acids is 3. The van der Waals surface area contributed by atoms with Crippen LogP contribution in [0.2, 0.25) is 0 Å². The van der Waals surface area contributed by atoms with Crippen LogP contribution in [0.15, 0.2) is 23.8 Å². The lowest BCUT2D eigenvalue weighted by molar-refractivity contribution is -0.141. The summed E-state index contributed by atoms with van der Waals surface area (Å²) in [5.41, 5.74) is -0.418. The highest BCUT2D eigenvalue weighted by Crippen LogP contribution is 2.66. The predicted octanol–water partition coefficient (Wildman–Crippen LogP) is 5.13. The number of allylic oxidation sites excluding steroid dienone is 4. The lowest BCUT2D eigenvalue weighted by Gasteiger charge is -2.58. The average molecular weight is 598 g/mol. The average Bonchev–Trinajstić information content (AvgIpc) is 3.22. The number of nitrogens with one attached hydrogen (secondary N) is 1. The number of phosphoric ester groups is 1. The summed E-state index contributed by atoms with van der Waals surface area (Å²) in [5.74, 6) is -0.277. The first-order valence-corrected chi connectivity index (χ1v) is 16.3. The summed E-state index contributed by atoms with van der Waals surface area (Å²) in [6.07, 6.45) is 7.54. The zero-order valence-corrected chi connectivity index (χ0v) is 26.4. The van der Waals surface area contributed by atoms with E-state index in [1.54, 1.807) is 32.9 Å². The summed E-state index contributed by atoms with van der Waals surface area (Å²) < 4.78 is 27.4. The van der Waals surface area contributed by atoms with Gasteiger partial charge in [0.05, 0.1) is 12.7 Å². The summed E-state index contributed by atoms with van der Waals surface area (Å²) in [7, 11) is -4.52. The molecule has 0 aliphatic heterocycles. The van der Waals surface area contributed by atoms with Gasteiger partial charge in [-0.2, -0.15) is 0 Å². The second-order valence-electron chi connectivity index (χ2n) is 12.9. The van der Waals surface area contributed by atoms with Gasteiger partial charge < -0.3 is 20.1 Å². The van der Waals surface area contributed by atoms with Crippen molar-refractivity contribution in [2.45, 2.75) is 92.3 Å². The Morgan fingerprint density at radius 3 is 2.49 bits per heavy atom. The Hall–Kier alpha value is -1.84. The molecule has 41 heavy (non-hydrogen) atoms. The van der Waals surface area contributed by atoms with Gasteiger partial charge in [0.15, 0.2) is 11.6 Å². The predicted molar refractivity (Wildman–Crippen MR) is 154 cm³/mol. The number of phosphoric acid groups is 1. The molecule has 0 bridgehead atoms. The summed E-state index contributed by atoms with van der Waals surface area (Å²) in [4.78, 5) is 47.0. The topological polar surface area (TPSA) is 148 Å². The van der Waals surface area contributed by atoms with Crippen molar-refractivity contribution in [1.82, 2.24) is 5.32 Å². The maximum atomic E-state index is 13.3. The number of hydrogen-bond donors (Lipinski definition) is 3. The molecule has 11 heteroatoms. The van der Waals surface area contributed by atoms with Crippen molar-refractivity contribution in [3.8, 4) is 0 Å². The number of hydrogen-bond acceptors (Lipinski definition) is 8. The Kier molecular flexibility index (Phi) is 10.5. The van der Waals surface area contributed by atoms with Crippen LogP contribution in [0.3, 0.4) is 0 Å². The molecule has 1 amide bonds. The number of aliphatic hydroxyl groups is 1. The third kappa shape index (κ3) is 7.39. The Morgan fingerprint density at radius 2 is 1.83 bits per heavy atom. The Balaban J connectivity index is 0.00000226. The molecular formula is C30H48NO9P. The normalized spacial score (nSPS) is 35.5. The molecule has 0 aromatic heterocycles. The number of alkyl carbamates (subject to hydrolysis) is 1. The van der Waals surface area contributed by atoms with E-state index < -0.39 is 43.6 Å². The van der Waals surface area contributed by atoms with E-state index in [0.717, 1.165) is 24.8 Å². The van der Waals surface area contributed by atoms with Crippen LogP contribution < -0.4 is 5.32 Å². The van der Waals surface area contributed by atoms with E-state index in [0.29, 0.717) is 12.8 Å². The van der Waals surface area contributed by atoms with Crippen molar-refractivity contribution < 1.29 is 42.7 Å². The highest BCUT2D eigenvalue weighted by atomic mass is 31.2. The summed E-state index contributed by atoms with van der Waals surface area (Å²) in [6.45, 7) is 12.4. The quantitative estimate of drug-likeness (QED) is 0.256. The Bertz CT molecular complexity index is 1110. The first-order chi connectivity index (χ1) is 19.1. The van der Waals surface area contributed by atoms with E-state index >= 15 is 0 Å². The molecular weight excluding hydrogens is 549 g/mol. The van der Waals surface area contributed by atoms with Crippen molar-refractivity contribution in [1.29, 1.82) is 0 Å². The van der Waals surface area contributed by atoms with Gasteiger partial charge in [-0.1, -0.05) is 39.3 Å². The first-order valence-electron chi connectivity index (χ1n) is 14.8. The number of ketones is 2. The van der Waals surface area contributed by atoms with E-state index in [9.17, 15) is 28.9 Å². The van der Waals surface area contributed by atoms with Crippen molar-refractivity contribution >= 4 is 25.5 Å². The zero-order chi connectivity index (χ0) is 30.8. The van der Waals surface area contributed by atoms with Gasteiger partial charge >= 0.3 is 13.9 Å². The summed E-state index contributed by atoms with van der Waals surface area (Å²) in [5, 5.41) is 13.9. The van der Waals surface area contributed by atoms with Crippen LogP contribution in [0.4, 0.5) is 4.79 Å². The molecule has 0 aromatic rings. The van der Waals surface area contributed by atoms with Crippen LogP contribution in [-0.4, -0.2) is 59.1 Å². The number of aliphatic hydroxyl groups excluding tert-OH is 1. The van der Waals surface area contributed by atoms with E-state index in [-0.39, 0.29) is 47.9 Å². The molecule has 4 rings (SSSR count). The van der Waals surface area contributed by atoms with Gasteiger partial charge in [-0.25, -0.2) is 9.36 Å². The number of amides is 1. The van der Waals surface area contributed by atoms with Crippen LogP contribution in [0, 0.1) is 34.5 Å². The van der Waals surface area contributed by atoms with Gasteiger partial charge in [0.2, 0.25) is 0 Å². The van der Waals surface area contributed by atoms with Gasteiger partial charge in [0.25, 0.3) is 0 Å². The van der Waals surface area contributed by atoms with Gasteiger partial charge in [0.1, 0.15) is 12.2 Å². The zero-order valence-electron chi connectivity index (χ0n) is 25.5. The van der Waals surface area contributed by atoms with Crippen molar-refractivity contribution in [2.75, 3.05) is 19.8 Å². The van der Waals surface area contributed by atoms with Gasteiger partial charge in [-0.05, 0) is 82.3 Å². The molecule has 4 aliphatic rings. The van der Waals surface area contributed by atoms with Crippen LogP contribution in [-0.2, 0) is 27.9 Å². The molecule has 3 saturated carbocycles. The van der Waals surface area contributed by atoms with Crippen molar-refractivity contribution in [3.63, 3.8) is 0 Å². The Morgan fingerprint density at radius 1 is 1.15 bits per heavy atom. The minimum Gasteiger partial charge on any atom is -0.444 e. The number of fused-ring (bicyclic) bond motifs is 5. The largest absolute Gasteiger partial charge is 0.472 e. The molecule has 0 radical (unpaired) electrons. The highest BCUT2D eigenvalue weighted by molar-refractivity contribution is 7.47. The number of carbonyl (C=O) groups is 3. The lowest BCUT2D eigenvalue weighted by Crippen LogP contribution is -2.56. The fraction of sp³-hybridized carbons (Fsp3) is 0.767. The third-order valence-corrected chi connectivity index (χ3v) is 10.2. The minimum absolute atomic E-state index is 0.00737. The minimum atomic E-state index is -4.52. The van der Waals surface area contributed by atoms with E-state index in [4.69, 9.17) is 13.8 Å². The fourth-order valence-electron chi connectivity index (χ4n) is 7.77. The smallest absolute Gasteiger partial charge is 0.444 e. The molecule has 8 atom stereocenters. The molecule has 3 N–H and O–H groups in total. The summed E-state index contributed by atoms with van der Waals surface area (Å²) in [6, 6.07) is 0.